The highest BCUT2D eigenvalue weighted by atomic mass is 16.5. The van der Waals surface area contributed by atoms with E-state index in [0.29, 0.717) is 79.7 Å². The van der Waals surface area contributed by atoms with Crippen LogP contribution in [0, 0.1) is 11.3 Å². The smallest absolute Gasteiger partial charge is 0.203 e. The van der Waals surface area contributed by atoms with Crippen molar-refractivity contribution in [3.63, 3.8) is 0 Å². The number of allylic oxidation sites excluding steroid dienone is 1. The van der Waals surface area contributed by atoms with Crippen LogP contribution in [0.4, 0.5) is 0 Å². The van der Waals surface area contributed by atoms with E-state index in [9.17, 15) is 5.26 Å². The highest BCUT2D eigenvalue weighted by Crippen LogP contribution is 2.44. The lowest BCUT2D eigenvalue weighted by molar-refractivity contribution is 0.234. The Labute approximate surface area is 584 Å². The fourth-order valence-electron chi connectivity index (χ4n) is 13.1. The molecule has 2 aromatic carbocycles. The molecule has 2 rings (SSSR count). The van der Waals surface area contributed by atoms with Crippen molar-refractivity contribution in [2.75, 3.05) is 39.6 Å². The van der Waals surface area contributed by atoms with Crippen molar-refractivity contribution < 1.29 is 28.4 Å². The van der Waals surface area contributed by atoms with Crippen molar-refractivity contribution in [1.82, 2.24) is 0 Å². The molecule has 0 saturated carbocycles. The molecular weight excluding hydrogens is 1150 g/mol. The Kier molecular flexibility index (Phi) is 62.6. The summed E-state index contributed by atoms with van der Waals surface area (Å²) in [5.41, 5.74) is 2.17. The third kappa shape index (κ3) is 49.9. The summed E-state index contributed by atoms with van der Waals surface area (Å²) in [6, 6.07) is 11.0. The number of nitrogens with zero attached hydrogens (tertiary/aromatic N) is 1. The van der Waals surface area contributed by atoms with Crippen LogP contribution in [0.1, 0.15) is 438 Å². The van der Waals surface area contributed by atoms with Crippen LogP contribution in [0.3, 0.4) is 0 Å². The van der Waals surface area contributed by atoms with Crippen molar-refractivity contribution >= 4 is 11.6 Å². The first kappa shape index (κ1) is 86.6. The number of unbranched alkanes of at least 4 members (excludes halogenated alkanes) is 54. The number of nitriles is 1. The van der Waals surface area contributed by atoms with Gasteiger partial charge in [-0.15, -0.1) is 0 Å². The fourth-order valence-corrected chi connectivity index (χ4v) is 13.1. The molecule has 0 aliphatic heterocycles. The summed E-state index contributed by atoms with van der Waals surface area (Å²) >= 11 is 0. The van der Waals surface area contributed by atoms with Gasteiger partial charge in [-0.1, -0.05) is 388 Å². The Morgan fingerprint density at radius 1 is 0.245 bits per heavy atom. The summed E-state index contributed by atoms with van der Waals surface area (Å²) in [5, 5.41) is 11.3. The molecule has 0 aliphatic rings. The van der Waals surface area contributed by atoms with Gasteiger partial charge < -0.3 is 28.4 Å². The van der Waals surface area contributed by atoms with E-state index in [4.69, 9.17) is 28.4 Å². The van der Waals surface area contributed by atoms with Crippen molar-refractivity contribution in [2.24, 2.45) is 0 Å². The third-order valence-corrected chi connectivity index (χ3v) is 19.3. The quantitative estimate of drug-likeness (QED) is 0.0371. The third-order valence-electron chi connectivity index (χ3n) is 19.3. The summed E-state index contributed by atoms with van der Waals surface area (Å²) < 4.78 is 41.1. The van der Waals surface area contributed by atoms with E-state index < -0.39 is 0 Å². The standard InChI is InChI=1S/C87H155NO6/c1-7-13-19-25-31-37-43-49-55-61-67-89-82-74-79(75-83(90-68-62-56-50-44-38-32-26-20-14-8-2)86(82)93-71-65-59-53-47-41-35-29-23-17-11-5)73-81(78-88)80-76-84(91-69-63-57-51-45-39-33-27-21-15-9-3)87(94-72-66-60-54-48-42-36-30-24-18-12-6)85(77-80)92-70-64-58-52-46-40-34-28-22-16-10-4/h73-77H,7-72H2,1-6H3/b81-73+. The molecule has 7 nitrogen and oxygen atoms in total. The maximum absolute atomic E-state index is 11.3. The molecule has 0 aromatic heterocycles. The van der Waals surface area contributed by atoms with Crippen LogP contribution in [0.25, 0.3) is 11.6 Å². The van der Waals surface area contributed by atoms with Crippen molar-refractivity contribution in [1.29, 1.82) is 5.26 Å². The van der Waals surface area contributed by atoms with E-state index >= 15 is 0 Å². The maximum Gasteiger partial charge on any atom is 0.203 e. The molecule has 0 bridgehead atoms. The van der Waals surface area contributed by atoms with Crippen molar-refractivity contribution in [2.45, 2.75) is 427 Å². The molecule has 544 valence electrons. The first-order valence-electron chi connectivity index (χ1n) is 41.8. The zero-order valence-electron chi connectivity index (χ0n) is 63.5. The second-order valence-corrected chi connectivity index (χ2v) is 28.5. The number of benzene rings is 2. The predicted octanol–water partition coefficient (Wildman–Crippen LogP) is 29.5. The van der Waals surface area contributed by atoms with Gasteiger partial charge in [0, 0.05) is 0 Å². The van der Waals surface area contributed by atoms with E-state index in [-0.39, 0.29) is 0 Å². The number of ether oxygens (including phenoxy) is 6. The van der Waals surface area contributed by atoms with Gasteiger partial charge in [0.05, 0.1) is 51.3 Å². The van der Waals surface area contributed by atoms with Gasteiger partial charge in [0.1, 0.15) is 0 Å². The van der Waals surface area contributed by atoms with Gasteiger partial charge in [0.2, 0.25) is 11.5 Å². The lowest BCUT2D eigenvalue weighted by atomic mass is 10.0. The second-order valence-electron chi connectivity index (χ2n) is 28.5. The largest absolute Gasteiger partial charge is 0.490 e. The Bertz CT molecular complexity index is 1910. The van der Waals surface area contributed by atoms with E-state index in [1.165, 1.54) is 308 Å². The maximum atomic E-state index is 11.3. The summed E-state index contributed by atoms with van der Waals surface area (Å²) in [6.07, 6.45) is 78.3. The molecule has 0 atom stereocenters. The molecule has 0 radical (unpaired) electrons. The Hall–Kier alpha value is -3.53. The van der Waals surface area contributed by atoms with Crippen LogP contribution in [-0.4, -0.2) is 39.6 Å². The minimum atomic E-state index is 0.536. The van der Waals surface area contributed by atoms with Crippen LogP contribution >= 0.6 is 0 Å². The fraction of sp³-hybridized carbons (Fsp3) is 0.828. The average molecular weight is 1310 g/mol. The minimum Gasteiger partial charge on any atom is -0.490 e. The van der Waals surface area contributed by atoms with Gasteiger partial charge in [-0.05, 0) is 80.0 Å². The van der Waals surface area contributed by atoms with Crippen LogP contribution in [0.15, 0.2) is 24.3 Å². The minimum absolute atomic E-state index is 0.536. The van der Waals surface area contributed by atoms with Gasteiger partial charge in [0.25, 0.3) is 0 Å². The van der Waals surface area contributed by atoms with Gasteiger partial charge >= 0.3 is 0 Å². The molecule has 0 unspecified atom stereocenters. The van der Waals surface area contributed by atoms with E-state index in [1.54, 1.807) is 0 Å². The molecule has 0 fully saturated rings. The molecule has 0 amide bonds. The lowest BCUT2D eigenvalue weighted by Gasteiger charge is -2.20. The van der Waals surface area contributed by atoms with E-state index in [2.05, 4.69) is 71.9 Å². The highest BCUT2D eigenvalue weighted by molar-refractivity contribution is 5.91. The normalized spacial score (nSPS) is 11.6. The SMILES string of the molecule is CCCCCCCCCCCCOc1cc(/C=C(\C#N)c2cc(OCCCCCCCCCCCC)c(OCCCCCCCCCCCC)c(OCCCCCCCCCCCC)c2)cc(OCCCCCCCCCCCC)c1OCCCCCCCCCCCC. The van der Waals surface area contributed by atoms with Crippen LogP contribution < -0.4 is 28.4 Å². The lowest BCUT2D eigenvalue weighted by Crippen LogP contribution is -2.07. The average Bonchev–Trinajstić information content (AvgIpc) is 0.837. The monoisotopic (exact) mass is 1310 g/mol. The molecule has 94 heavy (non-hydrogen) atoms. The number of rotatable bonds is 74. The van der Waals surface area contributed by atoms with Gasteiger partial charge in [-0.3, -0.25) is 0 Å². The topological polar surface area (TPSA) is 79.2 Å². The second kappa shape index (κ2) is 68.0. The first-order chi connectivity index (χ1) is 46.6. The predicted molar refractivity (Wildman–Crippen MR) is 410 cm³/mol. The summed E-state index contributed by atoms with van der Waals surface area (Å²) in [6.45, 7) is 17.4. The Balaban J connectivity index is 2.61. The molecule has 0 heterocycles. The van der Waals surface area contributed by atoms with Crippen LogP contribution in [0.2, 0.25) is 0 Å². The molecule has 0 aliphatic carbocycles. The molecule has 0 saturated heterocycles. The summed E-state index contributed by atoms with van der Waals surface area (Å²) in [5.74, 6) is 4.17. The van der Waals surface area contributed by atoms with Gasteiger partial charge in [-0.25, -0.2) is 0 Å². The van der Waals surface area contributed by atoms with Gasteiger partial charge in [-0.2, -0.15) is 5.26 Å². The molecule has 7 heteroatoms. The number of hydrogen-bond donors (Lipinski definition) is 0. The molecular formula is C87H155NO6. The van der Waals surface area contributed by atoms with Crippen LogP contribution in [-0.2, 0) is 0 Å². The number of hydrogen-bond acceptors (Lipinski definition) is 7. The molecule has 0 spiro atoms. The van der Waals surface area contributed by atoms with E-state index in [1.807, 2.05) is 6.08 Å². The van der Waals surface area contributed by atoms with Crippen LogP contribution in [0.5, 0.6) is 34.5 Å². The zero-order valence-corrected chi connectivity index (χ0v) is 63.5. The highest BCUT2D eigenvalue weighted by Gasteiger charge is 2.21. The Morgan fingerprint density at radius 2 is 0.415 bits per heavy atom. The molecule has 2 aromatic rings. The first-order valence-corrected chi connectivity index (χ1v) is 41.8. The zero-order chi connectivity index (χ0) is 67.4. The van der Waals surface area contributed by atoms with Gasteiger partial charge in [0.15, 0.2) is 23.0 Å². The summed E-state index contributed by atoms with van der Waals surface area (Å²) in [7, 11) is 0. The summed E-state index contributed by atoms with van der Waals surface area (Å²) in [4.78, 5) is 0. The molecule has 0 N–H and O–H groups in total. The van der Waals surface area contributed by atoms with Crippen molar-refractivity contribution in [3.05, 3.63) is 35.4 Å². The Morgan fingerprint density at radius 3 is 0.606 bits per heavy atom. The van der Waals surface area contributed by atoms with Crippen molar-refractivity contribution in [3.8, 4) is 40.6 Å². The van der Waals surface area contributed by atoms with E-state index in [0.717, 1.165) is 88.2 Å².